The van der Waals surface area contributed by atoms with Gasteiger partial charge in [0.15, 0.2) is 0 Å². The van der Waals surface area contributed by atoms with Gasteiger partial charge in [-0.25, -0.2) is 0 Å². The van der Waals surface area contributed by atoms with Crippen molar-refractivity contribution in [2.24, 2.45) is 5.92 Å². The Kier molecular flexibility index (Phi) is 6.96. The summed E-state index contributed by atoms with van der Waals surface area (Å²) in [5.74, 6) is 0.141. The third-order valence-corrected chi connectivity index (χ3v) is 4.88. The fraction of sp³-hybridized carbons (Fsp3) is 0.364. The standard InChI is InChI=1S/C22H28N2O2/c1-5-16(2)20(18-9-7-6-8-10-18)22(26)24(4)15-17-11-13-19(14-12-17)21(25)23-3/h6-14,16,20H,5,15H2,1-4H3,(H,23,25). The molecule has 4 heteroatoms. The van der Waals surface area contributed by atoms with E-state index in [0.29, 0.717) is 12.1 Å². The first-order valence-corrected chi connectivity index (χ1v) is 9.08. The van der Waals surface area contributed by atoms with E-state index in [1.807, 2.05) is 49.5 Å². The van der Waals surface area contributed by atoms with E-state index in [0.717, 1.165) is 17.5 Å². The summed E-state index contributed by atoms with van der Waals surface area (Å²) < 4.78 is 0. The van der Waals surface area contributed by atoms with Gasteiger partial charge in [-0.1, -0.05) is 62.7 Å². The van der Waals surface area contributed by atoms with Gasteiger partial charge in [0.05, 0.1) is 5.92 Å². The first kappa shape index (κ1) is 19.7. The number of amides is 2. The van der Waals surface area contributed by atoms with Crippen molar-refractivity contribution in [3.8, 4) is 0 Å². The minimum absolute atomic E-state index is 0.109. The van der Waals surface area contributed by atoms with Crippen LogP contribution >= 0.6 is 0 Å². The van der Waals surface area contributed by atoms with E-state index in [9.17, 15) is 9.59 Å². The molecule has 2 atom stereocenters. The number of hydrogen-bond donors (Lipinski definition) is 1. The molecule has 0 saturated heterocycles. The SMILES string of the molecule is CCC(C)C(C(=O)N(C)Cc1ccc(C(=O)NC)cc1)c1ccccc1. The number of carbonyl (C=O) groups excluding carboxylic acids is 2. The van der Waals surface area contributed by atoms with Gasteiger partial charge >= 0.3 is 0 Å². The lowest BCUT2D eigenvalue weighted by atomic mass is 9.84. The van der Waals surface area contributed by atoms with Crippen molar-refractivity contribution in [1.82, 2.24) is 10.2 Å². The predicted octanol–water partition coefficient (Wildman–Crippen LogP) is 3.83. The van der Waals surface area contributed by atoms with E-state index in [4.69, 9.17) is 0 Å². The molecule has 0 spiro atoms. The van der Waals surface area contributed by atoms with Crippen LogP contribution in [0.15, 0.2) is 54.6 Å². The van der Waals surface area contributed by atoms with Crippen LogP contribution in [0.4, 0.5) is 0 Å². The number of nitrogens with one attached hydrogen (secondary N) is 1. The first-order chi connectivity index (χ1) is 12.5. The van der Waals surface area contributed by atoms with Gasteiger partial charge < -0.3 is 10.2 Å². The molecule has 2 aromatic rings. The molecule has 0 aliphatic heterocycles. The fourth-order valence-corrected chi connectivity index (χ4v) is 3.11. The van der Waals surface area contributed by atoms with E-state index in [1.54, 1.807) is 24.1 Å². The second kappa shape index (κ2) is 9.18. The Hall–Kier alpha value is -2.62. The lowest BCUT2D eigenvalue weighted by Gasteiger charge is -2.28. The minimum atomic E-state index is -0.142. The van der Waals surface area contributed by atoms with Gasteiger partial charge in [-0.2, -0.15) is 0 Å². The summed E-state index contributed by atoms with van der Waals surface area (Å²) in [4.78, 5) is 26.5. The Bertz CT molecular complexity index is 726. The monoisotopic (exact) mass is 352 g/mol. The number of nitrogens with zero attached hydrogens (tertiary/aromatic N) is 1. The quantitative estimate of drug-likeness (QED) is 0.823. The molecule has 0 aliphatic rings. The maximum Gasteiger partial charge on any atom is 0.251 e. The second-order valence-corrected chi connectivity index (χ2v) is 6.74. The van der Waals surface area contributed by atoms with Crippen molar-refractivity contribution in [3.63, 3.8) is 0 Å². The molecule has 138 valence electrons. The summed E-state index contributed by atoms with van der Waals surface area (Å²) in [6, 6.07) is 17.4. The Morgan fingerprint density at radius 3 is 2.19 bits per heavy atom. The van der Waals surface area contributed by atoms with Crippen LogP contribution in [-0.4, -0.2) is 30.8 Å². The van der Waals surface area contributed by atoms with Crippen LogP contribution in [0, 0.1) is 5.92 Å². The highest BCUT2D eigenvalue weighted by Gasteiger charge is 2.28. The van der Waals surface area contributed by atoms with Gasteiger partial charge in [0.1, 0.15) is 0 Å². The van der Waals surface area contributed by atoms with Crippen molar-refractivity contribution < 1.29 is 9.59 Å². The molecule has 2 amide bonds. The molecule has 2 rings (SSSR count). The van der Waals surface area contributed by atoms with Crippen LogP contribution in [0.3, 0.4) is 0 Å². The number of likely N-dealkylation sites (N-methyl/N-ethyl adjacent to an activating group) is 1. The average molecular weight is 352 g/mol. The highest BCUT2D eigenvalue weighted by Crippen LogP contribution is 2.29. The highest BCUT2D eigenvalue weighted by atomic mass is 16.2. The lowest BCUT2D eigenvalue weighted by Crippen LogP contribution is -2.34. The summed E-state index contributed by atoms with van der Waals surface area (Å²) in [5, 5.41) is 2.61. The van der Waals surface area contributed by atoms with Crippen LogP contribution in [0.5, 0.6) is 0 Å². The van der Waals surface area contributed by atoms with Crippen LogP contribution in [0.2, 0.25) is 0 Å². The molecule has 26 heavy (non-hydrogen) atoms. The molecule has 0 aromatic heterocycles. The Morgan fingerprint density at radius 1 is 1.04 bits per heavy atom. The normalized spacial score (nSPS) is 12.9. The number of rotatable bonds is 7. The zero-order valence-electron chi connectivity index (χ0n) is 16.0. The molecule has 0 aliphatic carbocycles. The molecule has 0 heterocycles. The van der Waals surface area contributed by atoms with E-state index in [1.165, 1.54) is 0 Å². The van der Waals surface area contributed by atoms with Crippen molar-refractivity contribution >= 4 is 11.8 Å². The Balaban J connectivity index is 2.14. The third-order valence-electron chi connectivity index (χ3n) is 4.88. The molecular weight excluding hydrogens is 324 g/mol. The summed E-state index contributed by atoms with van der Waals surface area (Å²) >= 11 is 0. The van der Waals surface area contributed by atoms with Gasteiger partial charge in [0.25, 0.3) is 5.91 Å². The van der Waals surface area contributed by atoms with Crippen molar-refractivity contribution in [1.29, 1.82) is 0 Å². The van der Waals surface area contributed by atoms with Gasteiger partial charge in [-0.3, -0.25) is 9.59 Å². The van der Waals surface area contributed by atoms with Gasteiger partial charge in [-0.05, 0) is 29.2 Å². The maximum atomic E-state index is 13.1. The van der Waals surface area contributed by atoms with Gasteiger partial charge in [0, 0.05) is 26.2 Å². The third kappa shape index (κ3) is 4.72. The molecule has 2 unspecified atom stereocenters. The highest BCUT2D eigenvalue weighted by molar-refractivity contribution is 5.94. The first-order valence-electron chi connectivity index (χ1n) is 9.08. The summed E-state index contributed by atoms with van der Waals surface area (Å²) in [6.07, 6.45) is 0.944. The number of benzene rings is 2. The zero-order chi connectivity index (χ0) is 19.1. The summed E-state index contributed by atoms with van der Waals surface area (Å²) in [5.41, 5.74) is 2.69. The number of carbonyl (C=O) groups is 2. The van der Waals surface area contributed by atoms with Crippen molar-refractivity contribution in [2.75, 3.05) is 14.1 Å². The van der Waals surface area contributed by atoms with Gasteiger partial charge in [-0.15, -0.1) is 0 Å². The molecule has 0 bridgehead atoms. The van der Waals surface area contributed by atoms with E-state index >= 15 is 0 Å². The molecule has 0 radical (unpaired) electrons. The van der Waals surface area contributed by atoms with E-state index < -0.39 is 0 Å². The molecule has 0 saturated carbocycles. The fourth-order valence-electron chi connectivity index (χ4n) is 3.11. The lowest BCUT2D eigenvalue weighted by molar-refractivity contribution is -0.133. The van der Waals surface area contributed by atoms with E-state index in [-0.39, 0.29) is 23.7 Å². The van der Waals surface area contributed by atoms with Crippen LogP contribution in [-0.2, 0) is 11.3 Å². The van der Waals surface area contributed by atoms with Crippen molar-refractivity contribution in [3.05, 3.63) is 71.3 Å². The van der Waals surface area contributed by atoms with Crippen LogP contribution in [0.1, 0.15) is 47.7 Å². The van der Waals surface area contributed by atoms with Crippen LogP contribution in [0.25, 0.3) is 0 Å². The summed E-state index contributed by atoms with van der Waals surface area (Å²) in [7, 11) is 3.45. The smallest absolute Gasteiger partial charge is 0.251 e. The average Bonchev–Trinajstić information content (AvgIpc) is 2.68. The molecule has 4 nitrogen and oxygen atoms in total. The molecular formula is C22H28N2O2. The van der Waals surface area contributed by atoms with Gasteiger partial charge in [0.2, 0.25) is 5.91 Å². The topological polar surface area (TPSA) is 49.4 Å². The minimum Gasteiger partial charge on any atom is -0.355 e. The van der Waals surface area contributed by atoms with E-state index in [2.05, 4.69) is 19.2 Å². The molecule has 0 fully saturated rings. The Morgan fingerprint density at radius 2 is 1.65 bits per heavy atom. The maximum absolute atomic E-state index is 13.1. The molecule has 2 aromatic carbocycles. The summed E-state index contributed by atoms with van der Waals surface area (Å²) in [6.45, 7) is 4.76. The predicted molar refractivity (Wildman–Crippen MR) is 105 cm³/mol. The second-order valence-electron chi connectivity index (χ2n) is 6.74. The van der Waals surface area contributed by atoms with Crippen molar-refractivity contribution in [2.45, 2.75) is 32.7 Å². The molecule has 1 N–H and O–H groups in total. The largest absolute Gasteiger partial charge is 0.355 e. The zero-order valence-corrected chi connectivity index (χ0v) is 16.0. The Labute approximate surface area is 156 Å². The number of hydrogen-bond acceptors (Lipinski definition) is 2. The van der Waals surface area contributed by atoms with Crippen LogP contribution < -0.4 is 5.32 Å².